The Kier molecular flexibility index (Phi) is 3.31. The second kappa shape index (κ2) is 4.99. The Labute approximate surface area is 126 Å². The van der Waals surface area contributed by atoms with E-state index < -0.39 is 0 Å². The average molecular weight is 357 g/mol. The summed E-state index contributed by atoms with van der Waals surface area (Å²) < 4.78 is 15.3. The molecule has 2 heterocycles. The highest BCUT2D eigenvalue weighted by Gasteiger charge is 2.10. The number of aryl methyl sites for hydroxylation is 1. The first-order valence-corrected chi connectivity index (χ1v) is 6.80. The largest absolute Gasteiger partial charge is 0.340 e. The minimum Gasteiger partial charge on any atom is -0.340 e. The number of halogens is 3. The van der Waals surface area contributed by atoms with E-state index in [0.29, 0.717) is 21.2 Å². The first kappa shape index (κ1) is 13.3. The molecule has 0 aliphatic rings. The van der Waals surface area contributed by atoms with Crippen LogP contribution in [-0.4, -0.2) is 19.6 Å². The maximum Gasteiger partial charge on any atom is 0.255 e. The van der Waals surface area contributed by atoms with Crippen molar-refractivity contribution < 1.29 is 4.39 Å². The number of nitrogens with one attached hydrogen (secondary N) is 1. The van der Waals surface area contributed by atoms with E-state index >= 15 is 0 Å². The zero-order valence-electron chi connectivity index (χ0n) is 10.2. The van der Waals surface area contributed by atoms with Crippen molar-refractivity contribution in [1.29, 1.82) is 0 Å². The molecule has 0 spiro atoms. The lowest BCUT2D eigenvalue weighted by molar-refractivity contribution is 0.620. The molecule has 0 amide bonds. The van der Waals surface area contributed by atoms with Crippen LogP contribution in [0.25, 0.3) is 5.78 Å². The van der Waals surface area contributed by atoms with Gasteiger partial charge in [0, 0.05) is 11.8 Å². The van der Waals surface area contributed by atoms with Gasteiger partial charge in [-0.1, -0.05) is 11.6 Å². The molecule has 1 aromatic carbocycles. The second-order valence-electron chi connectivity index (χ2n) is 4.14. The monoisotopic (exact) mass is 355 g/mol. The lowest BCUT2D eigenvalue weighted by atomic mass is 10.2. The Morgan fingerprint density at radius 2 is 2.15 bits per heavy atom. The van der Waals surface area contributed by atoms with Gasteiger partial charge in [-0.25, -0.2) is 4.39 Å². The van der Waals surface area contributed by atoms with Gasteiger partial charge < -0.3 is 5.32 Å². The molecular weight excluding hydrogens is 349 g/mol. The van der Waals surface area contributed by atoms with E-state index in [1.807, 2.05) is 0 Å². The minimum atomic E-state index is -0.313. The van der Waals surface area contributed by atoms with Gasteiger partial charge in [0.2, 0.25) is 0 Å². The third kappa shape index (κ3) is 2.34. The van der Waals surface area contributed by atoms with Crippen LogP contribution in [0.2, 0.25) is 5.15 Å². The number of rotatable bonds is 2. The van der Waals surface area contributed by atoms with Crippen molar-refractivity contribution in [2.24, 2.45) is 0 Å². The Morgan fingerprint density at radius 3 is 2.95 bits per heavy atom. The topological polar surface area (TPSA) is 55.1 Å². The van der Waals surface area contributed by atoms with Gasteiger partial charge in [-0.15, -0.1) is 0 Å². The fourth-order valence-electron chi connectivity index (χ4n) is 1.79. The van der Waals surface area contributed by atoms with Crippen LogP contribution in [0.3, 0.4) is 0 Å². The first-order chi connectivity index (χ1) is 9.54. The van der Waals surface area contributed by atoms with E-state index in [0.717, 1.165) is 11.3 Å². The summed E-state index contributed by atoms with van der Waals surface area (Å²) in [6.07, 6.45) is 1.39. The number of hydrogen-bond donors (Lipinski definition) is 1. The fourth-order valence-corrected chi connectivity index (χ4v) is 2.31. The predicted octanol–water partition coefficient (Wildman–Crippen LogP) is 3.73. The number of anilines is 2. The lowest BCUT2D eigenvalue weighted by Gasteiger charge is -2.11. The molecule has 0 aliphatic carbocycles. The average Bonchev–Trinajstić information content (AvgIpc) is 2.84. The van der Waals surface area contributed by atoms with Crippen molar-refractivity contribution in [1.82, 2.24) is 19.6 Å². The molecule has 0 saturated carbocycles. The fraction of sp³-hybridized carbons (Fsp3) is 0.0833. The molecule has 0 unspecified atom stereocenters. The summed E-state index contributed by atoms with van der Waals surface area (Å²) >= 11 is 9.10. The molecule has 0 bridgehead atoms. The van der Waals surface area contributed by atoms with Crippen LogP contribution in [0.5, 0.6) is 0 Å². The highest BCUT2D eigenvalue weighted by molar-refractivity contribution is 9.10. The van der Waals surface area contributed by atoms with Crippen molar-refractivity contribution in [3.05, 3.63) is 45.5 Å². The van der Waals surface area contributed by atoms with Crippen LogP contribution in [-0.2, 0) is 0 Å². The molecule has 3 aromatic rings. The van der Waals surface area contributed by atoms with Crippen LogP contribution in [0, 0.1) is 12.7 Å². The summed E-state index contributed by atoms with van der Waals surface area (Å²) in [7, 11) is 0. The second-order valence-corrected chi connectivity index (χ2v) is 5.38. The summed E-state index contributed by atoms with van der Waals surface area (Å²) in [5.41, 5.74) is 1.49. The van der Waals surface area contributed by atoms with Crippen LogP contribution >= 0.6 is 27.5 Å². The third-order valence-electron chi connectivity index (χ3n) is 2.75. The normalized spacial score (nSPS) is 11.0. The molecule has 8 heteroatoms. The van der Waals surface area contributed by atoms with Crippen molar-refractivity contribution in [3.63, 3.8) is 0 Å². The maximum atomic E-state index is 13.4. The molecule has 0 fully saturated rings. The van der Waals surface area contributed by atoms with Gasteiger partial charge >= 0.3 is 0 Å². The molecule has 1 N–H and O–H groups in total. The van der Waals surface area contributed by atoms with Gasteiger partial charge in [-0.3, -0.25) is 0 Å². The number of aromatic nitrogens is 4. The zero-order valence-corrected chi connectivity index (χ0v) is 12.6. The Balaban J connectivity index is 2.09. The Morgan fingerprint density at radius 1 is 1.35 bits per heavy atom. The first-order valence-electron chi connectivity index (χ1n) is 5.63. The van der Waals surface area contributed by atoms with Crippen LogP contribution in [0.15, 0.2) is 29.0 Å². The lowest BCUT2D eigenvalue weighted by Crippen LogP contribution is -2.03. The van der Waals surface area contributed by atoms with Gasteiger partial charge in [0.15, 0.2) is 0 Å². The minimum absolute atomic E-state index is 0.298. The molecule has 102 valence electrons. The van der Waals surface area contributed by atoms with E-state index in [2.05, 4.69) is 36.3 Å². The summed E-state index contributed by atoms with van der Waals surface area (Å²) in [5.74, 6) is 0.671. The SMILES string of the molecule is Cc1cc(F)c(Br)cc1Nc1cc(Cl)nc2ncnn12. The molecule has 5 nitrogen and oxygen atoms in total. The molecule has 0 radical (unpaired) electrons. The summed E-state index contributed by atoms with van der Waals surface area (Å²) in [6.45, 7) is 1.80. The number of fused-ring (bicyclic) bond motifs is 1. The third-order valence-corrected chi connectivity index (χ3v) is 3.55. The van der Waals surface area contributed by atoms with E-state index in [1.54, 1.807) is 19.1 Å². The number of nitrogens with zero attached hydrogens (tertiary/aromatic N) is 4. The van der Waals surface area contributed by atoms with Gasteiger partial charge in [0.25, 0.3) is 5.78 Å². The highest BCUT2D eigenvalue weighted by atomic mass is 79.9. The molecule has 0 saturated heterocycles. The Hall–Kier alpha value is -1.73. The predicted molar refractivity (Wildman–Crippen MR) is 77.9 cm³/mol. The van der Waals surface area contributed by atoms with Crippen molar-refractivity contribution in [2.75, 3.05) is 5.32 Å². The molecular formula is C12H8BrClFN5. The van der Waals surface area contributed by atoms with E-state index in [1.165, 1.54) is 16.9 Å². The zero-order chi connectivity index (χ0) is 14.3. The molecule has 3 rings (SSSR count). The van der Waals surface area contributed by atoms with Gasteiger partial charge in [0.1, 0.15) is 23.1 Å². The quantitative estimate of drug-likeness (QED) is 0.711. The summed E-state index contributed by atoms with van der Waals surface area (Å²) in [4.78, 5) is 8.02. The maximum absolute atomic E-state index is 13.4. The van der Waals surface area contributed by atoms with Crippen molar-refractivity contribution in [3.8, 4) is 0 Å². The highest BCUT2D eigenvalue weighted by Crippen LogP contribution is 2.27. The molecule has 2 aromatic heterocycles. The number of hydrogen-bond acceptors (Lipinski definition) is 4. The van der Waals surface area contributed by atoms with Crippen LogP contribution in [0.1, 0.15) is 5.56 Å². The van der Waals surface area contributed by atoms with E-state index in [4.69, 9.17) is 11.6 Å². The molecule has 20 heavy (non-hydrogen) atoms. The number of benzene rings is 1. The van der Waals surface area contributed by atoms with Gasteiger partial charge in [0.05, 0.1) is 4.47 Å². The smallest absolute Gasteiger partial charge is 0.255 e. The molecule has 0 aliphatic heterocycles. The molecule has 0 atom stereocenters. The van der Waals surface area contributed by atoms with Crippen molar-refractivity contribution >= 4 is 44.8 Å². The van der Waals surface area contributed by atoms with Crippen LogP contribution < -0.4 is 5.32 Å². The Bertz CT molecular complexity index is 804. The van der Waals surface area contributed by atoms with Gasteiger partial charge in [-0.2, -0.15) is 19.6 Å². The van der Waals surface area contributed by atoms with Crippen LogP contribution in [0.4, 0.5) is 15.9 Å². The van der Waals surface area contributed by atoms with E-state index in [-0.39, 0.29) is 5.82 Å². The van der Waals surface area contributed by atoms with E-state index in [9.17, 15) is 4.39 Å². The summed E-state index contributed by atoms with van der Waals surface area (Å²) in [6, 6.07) is 4.72. The van der Waals surface area contributed by atoms with Crippen molar-refractivity contribution in [2.45, 2.75) is 6.92 Å². The van der Waals surface area contributed by atoms with Gasteiger partial charge in [-0.05, 0) is 40.5 Å². The standard InChI is InChI=1S/C12H8BrClFN5/c1-6-2-8(15)7(13)3-9(6)18-11-4-10(14)19-12-16-5-17-20(11)12/h2-5,18H,1H3. The summed E-state index contributed by atoms with van der Waals surface area (Å²) in [5, 5.41) is 7.51.